The van der Waals surface area contributed by atoms with Crippen LogP contribution >= 0.6 is 11.8 Å². The highest BCUT2D eigenvalue weighted by molar-refractivity contribution is 8.00. The van der Waals surface area contributed by atoms with E-state index in [9.17, 15) is 4.79 Å². The highest BCUT2D eigenvalue weighted by atomic mass is 32.2. The summed E-state index contributed by atoms with van der Waals surface area (Å²) in [5, 5.41) is 8.93. The van der Waals surface area contributed by atoms with Gasteiger partial charge in [-0.1, -0.05) is 59.8 Å². The number of hydrogen-bond acceptors (Lipinski definition) is 4. The Morgan fingerprint density at radius 1 is 1.00 bits per heavy atom. The van der Waals surface area contributed by atoms with Gasteiger partial charge < -0.3 is 0 Å². The summed E-state index contributed by atoms with van der Waals surface area (Å²) in [6, 6.07) is 17.5. The molecule has 5 heteroatoms. The third kappa shape index (κ3) is 3.41. The van der Waals surface area contributed by atoms with Gasteiger partial charge in [0, 0.05) is 11.3 Å². The van der Waals surface area contributed by atoms with Crippen LogP contribution in [0.25, 0.3) is 5.69 Å². The van der Waals surface area contributed by atoms with Crippen LogP contribution < -0.4 is 0 Å². The van der Waals surface area contributed by atoms with E-state index in [2.05, 4.69) is 29.3 Å². The Kier molecular flexibility index (Phi) is 4.81. The van der Waals surface area contributed by atoms with E-state index < -0.39 is 0 Å². The summed E-state index contributed by atoms with van der Waals surface area (Å²) >= 11 is 1.43. The number of carbonyl (C=O) groups excluding carboxylic acids is 1. The molecule has 0 radical (unpaired) electrons. The lowest BCUT2D eigenvalue weighted by Crippen LogP contribution is -2.14. The lowest BCUT2D eigenvalue weighted by molar-refractivity contribution is 0.0994. The summed E-state index contributed by atoms with van der Waals surface area (Å²) in [4.78, 5) is 12.6. The van der Waals surface area contributed by atoms with E-state index in [-0.39, 0.29) is 11.0 Å². The Labute approximate surface area is 145 Å². The van der Waals surface area contributed by atoms with E-state index in [0.717, 1.165) is 22.2 Å². The SMILES string of the molecule is Cc1ccc(-n2c(C)nnc2S[C@@H](C)C(=O)c2ccccc2)cc1. The fourth-order valence-electron chi connectivity index (χ4n) is 2.46. The zero-order valence-corrected chi connectivity index (χ0v) is 14.7. The van der Waals surface area contributed by atoms with Crippen molar-refractivity contribution in [3.05, 3.63) is 71.5 Å². The van der Waals surface area contributed by atoms with E-state index in [0.29, 0.717) is 0 Å². The Balaban J connectivity index is 1.86. The Bertz CT molecular complexity index is 841. The number of ketones is 1. The average molecular weight is 337 g/mol. The molecule has 4 nitrogen and oxygen atoms in total. The number of carbonyl (C=O) groups is 1. The van der Waals surface area contributed by atoms with E-state index in [1.165, 1.54) is 17.3 Å². The number of aromatic nitrogens is 3. The molecule has 1 heterocycles. The van der Waals surface area contributed by atoms with Gasteiger partial charge in [-0.2, -0.15) is 0 Å². The molecule has 0 saturated carbocycles. The Morgan fingerprint density at radius 3 is 2.33 bits per heavy atom. The topological polar surface area (TPSA) is 47.8 Å². The van der Waals surface area contributed by atoms with Crippen LogP contribution in [0.4, 0.5) is 0 Å². The normalized spacial score (nSPS) is 12.1. The molecule has 122 valence electrons. The largest absolute Gasteiger partial charge is 0.293 e. The van der Waals surface area contributed by atoms with Gasteiger partial charge in [0.05, 0.1) is 5.25 Å². The van der Waals surface area contributed by atoms with Gasteiger partial charge in [0.15, 0.2) is 10.9 Å². The van der Waals surface area contributed by atoms with Crippen LogP contribution in [0, 0.1) is 13.8 Å². The van der Waals surface area contributed by atoms with Crippen LogP contribution in [0.15, 0.2) is 59.8 Å². The second-order valence-electron chi connectivity index (χ2n) is 5.69. The highest BCUT2D eigenvalue weighted by Gasteiger charge is 2.20. The third-order valence-electron chi connectivity index (χ3n) is 3.80. The predicted octanol–water partition coefficient (Wildman–Crippen LogP) is 4.25. The van der Waals surface area contributed by atoms with Gasteiger partial charge in [0.25, 0.3) is 0 Å². The minimum Gasteiger partial charge on any atom is -0.293 e. The molecule has 0 spiro atoms. The molecule has 1 atom stereocenters. The molecule has 1 aromatic heterocycles. The fourth-order valence-corrected chi connectivity index (χ4v) is 3.45. The first-order chi connectivity index (χ1) is 11.6. The van der Waals surface area contributed by atoms with Gasteiger partial charge in [-0.05, 0) is 32.9 Å². The molecule has 0 aliphatic rings. The zero-order chi connectivity index (χ0) is 17.1. The molecule has 0 saturated heterocycles. The van der Waals surface area contributed by atoms with Crippen LogP contribution in [-0.4, -0.2) is 25.8 Å². The van der Waals surface area contributed by atoms with Crippen molar-refractivity contribution in [3.8, 4) is 5.69 Å². The maximum Gasteiger partial charge on any atom is 0.196 e. The zero-order valence-electron chi connectivity index (χ0n) is 13.9. The summed E-state index contributed by atoms with van der Waals surface area (Å²) in [7, 11) is 0. The van der Waals surface area contributed by atoms with Crippen molar-refractivity contribution < 1.29 is 4.79 Å². The maximum atomic E-state index is 12.6. The second kappa shape index (κ2) is 7.01. The fraction of sp³-hybridized carbons (Fsp3) is 0.211. The predicted molar refractivity (Wildman–Crippen MR) is 96.9 cm³/mol. The molecule has 0 aliphatic heterocycles. The van der Waals surface area contributed by atoms with Crippen LogP contribution in [0.2, 0.25) is 0 Å². The molecule has 0 amide bonds. The monoisotopic (exact) mass is 337 g/mol. The Hall–Kier alpha value is -2.40. The number of benzene rings is 2. The summed E-state index contributed by atoms with van der Waals surface area (Å²) in [5.41, 5.74) is 2.92. The molecule has 3 rings (SSSR count). The van der Waals surface area contributed by atoms with Crippen LogP contribution in [0.5, 0.6) is 0 Å². The molecule has 0 aliphatic carbocycles. The summed E-state index contributed by atoms with van der Waals surface area (Å²) in [5.74, 6) is 0.900. The molecular weight excluding hydrogens is 318 g/mol. The lowest BCUT2D eigenvalue weighted by Gasteiger charge is -2.12. The highest BCUT2D eigenvalue weighted by Crippen LogP contribution is 2.27. The summed E-state index contributed by atoms with van der Waals surface area (Å²) < 4.78 is 1.98. The first-order valence-corrected chi connectivity index (χ1v) is 8.69. The van der Waals surface area contributed by atoms with Crippen LogP contribution in [-0.2, 0) is 0 Å². The quantitative estimate of drug-likeness (QED) is 0.516. The minimum absolute atomic E-state index is 0.0942. The van der Waals surface area contributed by atoms with Crippen LogP contribution in [0.1, 0.15) is 28.7 Å². The van der Waals surface area contributed by atoms with Crippen molar-refractivity contribution in [3.63, 3.8) is 0 Å². The third-order valence-corrected chi connectivity index (χ3v) is 4.84. The van der Waals surface area contributed by atoms with Gasteiger partial charge >= 0.3 is 0 Å². The van der Waals surface area contributed by atoms with E-state index >= 15 is 0 Å². The molecule has 2 aromatic carbocycles. The molecule has 0 N–H and O–H groups in total. The van der Waals surface area contributed by atoms with Gasteiger partial charge in [0.2, 0.25) is 0 Å². The van der Waals surface area contributed by atoms with Crippen molar-refractivity contribution >= 4 is 17.5 Å². The lowest BCUT2D eigenvalue weighted by atomic mass is 10.1. The van der Waals surface area contributed by atoms with E-state index in [1.807, 2.05) is 60.9 Å². The van der Waals surface area contributed by atoms with Gasteiger partial charge in [-0.25, -0.2) is 0 Å². The number of hydrogen-bond donors (Lipinski definition) is 0. The molecular formula is C19H19N3OS. The maximum absolute atomic E-state index is 12.6. The molecule has 0 unspecified atom stereocenters. The number of Topliss-reactive ketones (excluding diaryl/α,β-unsaturated/α-hetero) is 1. The Morgan fingerprint density at radius 2 is 1.67 bits per heavy atom. The first kappa shape index (κ1) is 16.5. The molecule has 24 heavy (non-hydrogen) atoms. The van der Waals surface area contributed by atoms with Crippen LogP contribution in [0.3, 0.4) is 0 Å². The van der Waals surface area contributed by atoms with Crippen molar-refractivity contribution in [2.24, 2.45) is 0 Å². The standard InChI is InChI=1S/C19H19N3OS/c1-13-9-11-17(12-10-13)22-15(3)20-21-19(22)24-14(2)18(23)16-7-5-4-6-8-16/h4-12,14H,1-3H3/t14-/m0/s1. The summed E-state index contributed by atoms with van der Waals surface area (Å²) in [6.07, 6.45) is 0. The molecule has 0 fully saturated rings. The number of aryl methyl sites for hydroxylation is 2. The van der Waals surface area contributed by atoms with Crippen molar-refractivity contribution in [2.75, 3.05) is 0 Å². The number of nitrogens with zero attached hydrogens (tertiary/aromatic N) is 3. The van der Waals surface area contributed by atoms with Gasteiger partial charge in [0.1, 0.15) is 5.82 Å². The van der Waals surface area contributed by atoms with Crippen molar-refractivity contribution in [1.29, 1.82) is 0 Å². The van der Waals surface area contributed by atoms with Gasteiger partial charge in [-0.3, -0.25) is 9.36 Å². The molecule has 0 bridgehead atoms. The van der Waals surface area contributed by atoms with Crippen molar-refractivity contribution in [1.82, 2.24) is 14.8 Å². The van der Waals surface area contributed by atoms with E-state index in [1.54, 1.807) is 0 Å². The molecule has 3 aromatic rings. The second-order valence-corrected chi connectivity index (χ2v) is 7.00. The average Bonchev–Trinajstić information content (AvgIpc) is 2.96. The van der Waals surface area contributed by atoms with Crippen molar-refractivity contribution in [2.45, 2.75) is 31.2 Å². The number of rotatable bonds is 5. The van der Waals surface area contributed by atoms with E-state index in [4.69, 9.17) is 0 Å². The number of thioether (sulfide) groups is 1. The minimum atomic E-state index is -0.236. The smallest absolute Gasteiger partial charge is 0.196 e. The summed E-state index contributed by atoms with van der Waals surface area (Å²) in [6.45, 7) is 5.88. The first-order valence-electron chi connectivity index (χ1n) is 7.81. The van der Waals surface area contributed by atoms with Gasteiger partial charge in [-0.15, -0.1) is 10.2 Å².